The summed E-state index contributed by atoms with van der Waals surface area (Å²) in [6, 6.07) is 7.98. The molecular formula is C23H22O7. The van der Waals surface area contributed by atoms with Gasteiger partial charge in [0.25, 0.3) is 0 Å². The van der Waals surface area contributed by atoms with E-state index in [2.05, 4.69) is 0 Å². The van der Waals surface area contributed by atoms with Crippen LogP contribution in [0.25, 0.3) is 10.8 Å². The van der Waals surface area contributed by atoms with Crippen LogP contribution in [0.1, 0.15) is 29.4 Å². The lowest BCUT2D eigenvalue weighted by atomic mass is 9.51. The van der Waals surface area contributed by atoms with Crippen LogP contribution in [0.3, 0.4) is 0 Å². The van der Waals surface area contributed by atoms with E-state index in [1.165, 1.54) is 14.2 Å². The number of esters is 2. The first-order chi connectivity index (χ1) is 14.5. The molecule has 0 spiro atoms. The fourth-order valence-electron chi connectivity index (χ4n) is 7.05. The molecule has 2 bridgehead atoms. The van der Waals surface area contributed by atoms with Gasteiger partial charge in [-0.05, 0) is 18.3 Å². The first-order valence-electron chi connectivity index (χ1n) is 10.1. The van der Waals surface area contributed by atoms with E-state index in [4.69, 9.17) is 23.7 Å². The van der Waals surface area contributed by atoms with Crippen molar-refractivity contribution in [3.05, 3.63) is 35.4 Å². The predicted octanol–water partition coefficient (Wildman–Crippen LogP) is 2.54. The van der Waals surface area contributed by atoms with Gasteiger partial charge in [0.15, 0.2) is 0 Å². The van der Waals surface area contributed by atoms with Gasteiger partial charge in [-0.15, -0.1) is 0 Å². The zero-order valence-corrected chi connectivity index (χ0v) is 17.2. The van der Waals surface area contributed by atoms with E-state index in [9.17, 15) is 9.59 Å². The van der Waals surface area contributed by atoms with Gasteiger partial charge >= 0.3 is 11.9 Å². The fraction of sp³-hybridized carbons (Fsp3) is 0.478. The maximum Gasteiger partial charge on any atom is 0.342 e. The summed E-state index contributed by atoms with van der Waals surface area (Å²) >= 11 is 0. The second-order valence-electron chi connectivity index (χ2n) is 8.50. The summed E-state index contributed by atoms with van der Waals surface area (Å²) in [4.78, 5) is 25.6. The van der Waals surface area contributed by atoms with Gasteiger partial charge in [0.05, 0.1) is 28.4 Å². The summed E-state index contributed by atoms with van der Waals surface area (Å²) in [5.41, 5.74) is -0.394. The second kappa shape index (κ2) is 5.46. The third kappa shape index (κ3) is 1.56. The standard InChI is InChI=1S/C23H22O7/c1-26-18-10-7-5-6-8-11(10)19(27-2)15-13-9-12(14(15)18)16-17(13)23(21(25)29-4)22(16,30-23)20(24)28-3/h5-8,12-13,16-17H,9H2,1-4H3/t12-,13+,16-,17+,22-,23+. The minimum Gasteiger partial charge on any atom is -0.496 e. The van der Waals surface area contributed by atoms with Gasteiger partial charge in [0.1, 0.15) is 11.5 Å². The first kappa shape index (κ1) is 18.0. The summed E-state index contributed by atoms with van der Waals surface area (Å²) in [6.45, 7) is 0. The van der Waals surface area contributed by atoms with Gasteiger partial charge in [0.2, 0.25) is 11.2 Å². The van der Waals surface area contributed by atoms with Crippen LogP contribution >= 0.6 is 0 Å². The molecule has 1 aliphatic heterocycles. The number of epoxide rings is 1. The van der Waals surface area contributed by atoms with E-state index < -0.39 is 23.1 Å². The molecule has 0 radical (unpaired) electrons. The van der Waals surface area contributed by atoms with E-state index >= 15 is 0 Å². The third-order valence-electron chi connectivity index (χ3n) is 7.86. The molecule has 156 valence electrons. The van der Waals surface area contributed by atoms with E-state index in [1.807, 2.05) is 24.3 Å². The van der Waals surface area contributed by atoms with Gasteiger partial charge in [-0.2, -0.15) is 0 Å². The average Bonchev–Trinajstić information content (AvgIpc) is 3.02. The maximum atomic E-state index is 12.8. The van der Waals surface area contributed by atoms with Crippen molar-refractivity contribution in [2.75, 3.05) is 28.4 Å². The van der Waals surface area contributed by atoms with Crippen LogP contribution in [0.15, 0.2) is 24.3 Å². The number of carbonyl (C=O) groups is 2. The molecule has 0 amide bonds. The molecule has 7 heteroatoms. The Balaban J connectivity index is 1.61. The second-order valence-corrected chi connectivity index (χ2v) is 8.50. The van der Waals surface area contributed by atoms with Crippen molar-refractivity contribution >= 4 is 22.7 Å². The van der Waals surface area contributed by atoms with Gasteiger partial charge < -0.3 is 23.7 Å². The molecule has 30 heavy (non-hydrogen) atoms. The first-order valence-corrected chi connectivity index (χ1v) is 10.1. The predicted molar refractivity (Wildman–Crippen MR) is 105 cm³/mol. The SMILES string of the molecule is COC(=O)[C@]12O[C@@]1(C(=O)OC)[C@H]1[C@@H]2[C@H]2C[C@@H]1c1c2c(OC)c2ccccc2c1OC. The van der Waals surface area contributed by atoms with Crippen molar-refractivity contribution in [2.45, 2.75) is 29.5 Å². The molecule has 3 aliphatic carbocycles. The minimum absolute atomic E-state index is 0.0165. The van der Waals surface area contributed by atoms with E-state index in [0.717, 1.165) is 39.8 Å². The molecule has 0 aromatic heterocycles. The summed E-state index contributed by atoms with van der Waals surface area (Å²) in [6.07, 6.45) is 0.814. The van der Waals surface area contributed by atoms with Crippen molar-refractivity contribution < 1.29 is 33.3 Å². The number of hydrogen-bond donors (Lipinski definition) is 0. The summed E-state index contributed by atoms with van der Waals surface area (Å²) in [5.74, 6) is 0.338. The van der Waals surface area contributed by atoms with Crippen LogP contribution in [0.5, 0.6) is 11.5 Å². The zero-order chi connectivity index (χ0) is 21.0. The van der Waals surface area contributed by atoms with Crippen LogP contribution < -0.4 is 9.47 Å². The van der Waals surface area contributed by atoms with Crippen molar-refractivity contribution in [3.63, 3.8) is 0 Å². The minimum atomic E-state index is -1.26. The number of hydrogen-bond acceptors (Lipinski definition) is 7. The van der Waals surface area contributed by atoms with E-state index in [1.54, 1.807) is 14.2 Å². The quantitative estimate of drug-likeness (QED) is 0.435. The molecule has 6 rings (SSSR count). The molecule has 0 unspecified atom stereocenters. The largest absolute Gasteiger partial charge is 0.496 e. The highest BCUT2D eigenvalue weighted by atomic mass is 16.7. The molecule has 2 saturated carbocycles. The van der Waals surface area contributed by atoms with Crippen LogP contribution in [-0.2, 0) is 23.8 Å². The van der Waals surface area contributed by atoms with Crippen LogP contribution in [0.4, 0.5) is 0 Å². The molecule has 2 aromatic carbocycles. The highest BCUT2D eigenvalue weighted by Crippen LogP contribution is 2.84. The van der Waals surface area contributed by atoms with Crippen LogP contribution in [-0.4, -0.2) is 51.6 Å². The van der Waals surface area contributed by atoms with Crippen molar-refractivity contribution in [1.29, 1.82) is 0 Å². The monoisotopic (exact) mass is 410 g/mol. The Morgan fingerprint density at radius 2 is 1.27 bits per heavy atom. The van der Waals surface area contributed by atoms with Gasteiger partial charge in [-0.1, -0.05) is 24.3 Å². The molecule has 6 atom stereocenters. The van der Waals surface area contributed by atoms with E-state index in [-0.39, 0.29) is 23.7 Å². The highest BCUT2D eigenvalue weighted by molar-refractivity contribution is 6.04. The zero-order valence-electron chi connectivity index (χ0n) is 17.2. The number of ether oxygens (including phenoxy) is 5. The summed E-state index contributed by atoms with van der Waals surface area (Å²) < 4.78 is 27.9. The van der Waals surface area contributed by atoms with E-state index in [0.29, 0.717) is 0 Å². The molecule has 4 aliphatic rings. The lowest BCUT2D eigenvalue weighted by molar-refractivity contribution is -0.162. The molecule has 2 aromatic rings. The molecule has 3 fully saturated rings. The number of fused-ring (bicyclic) bond motifs is 12. The van der Waals surface area contributed by atoms with Gasteiger partial charge in [-0.3, -0.25) is 0 Å². The Bertz CT molecular complexity index is 1050. The Kier molecular flexibility index (Phi) is 3.28. The van der Waals surface area contributed by atoms with Crippen molar-refractivity contribution in [1.82, 2.24) is 0 Å². The molecule has 7 nitrogen and oxygen atoms in total. The smallest absolute Gasteiger partial charge is 0.342 e. The molecule has 1 heterocycles. The number of methoxy groups -OCH3 is 4. The fourth-order valence-corrected chi connectivity index (χ4v) is 7.05. The Morgan fingerprint density at radius 3 is 1.63 bits per heavy atom. The Labute approximate surface area is 173 Å². The summed E-state index contributed by atoms with van der Waals surface area (Å²) in [7, 11) is 5.99. The van der Waals surface area contributed by atoms with Gasteiger partial charge in [-0.25, -0.2) is 9.59 Å². The number of rotatable bonds is 4. The van der Waals surface area contributed by atoms with Crippen molar-refractivity contribution in [2.24, 2.45) is 11.8 Å². The van der Waals surface area contributed by atoms with Crippen molar-refractivity contribution in [3.8, 4) is 11.5 Å². The normalized spacial score (nSPS) is 36.3. The lowest BCUT2D eigenvalue weighted by Crippen LogP contribution is -2.64. The molecular weight excluding hydrogens is 388 g/mol. The van der Waals surface area contributed by atoms with Crippen LogP contribution in [0.2, 0.25) is 0 Å². The lowest BCUT2D eigenvalue weighted by Gasteiger charge is -2.46. The van der Waals surface area contributed by atoms with Crippen LogP contribution in [0, 0.1) is 11.8 Å². The molecule has 0 N–H and O–H groups in total. The van der Waals surface area contributed by atoms with Gasteiger partial charge in [0, 0.05) is 33.7 Å². The highest BCUT2D eigenvalue weighted by Gasteiger charge is 2.99. The topological polar surface area (TPSA) is 83.6 Å². The number of carbonyl (C=O) groups excluding carboxylic acids is 2. The Morgan fingerprint density at radius 1 is 0.833 bits per heavy atom. The number of benzene rings is 2. The summed E-state index contributed by atoms with van der Waals surface area (Å²) in [5, 5.41) is 1.95. The third-order valence-corrected chi connectivity index (χ3v) is 7.86. The Hall–Kier alpha value is -2.80. The molecule has 1 saturated heterocycles. The maximum absolute atomic E-state index is 12.8. The average molecular weight is 410 g/mol.